The first-order valence-electron chi connectivity index (χ1n) is 5.88. The second kappa shape index (κ2) is 5.48. The summed E-state index contributed by atoms with van der Waals surface area (Å²) in [6, 6.07) is 8.57. The van der Waals surface area contributed by atoms with Crippen molar-refractivity contribution in [2.24, 2.45) is 0 Å². The van der Waals surface area contributed by atoms with Crippen molar-refractivity contribution in [3.05, 3.63) is 52.9 Å². The summed E-state index contributed by atoms with van der Waals surface area (Å²) in [7, 11) is 0. The molecular weight excluding hydrogens is 246 g/mol. The standard InChI is InChI=1S/C14H13NO4/c1-3-18-14(17)11-9(2)15-19-13(11)12(16)10-7-5-4-6-8-10/h4-8H,3H2,1-2H3. The van der Waals surface area contributed by atoms with Crippen LogP contribution in [-0.4, -0.2) is 23.5 Å². The van der Waals surface area contributed by atoms with Crippen molar-refractivity contribution in [2.45, 2.75) is 13.8 Å². The third-order valence-electron chi connectivity index (χ3n) is 2.58. The van der Waals surface area contributed by atoms with Gasteiger partial charge in [-0.05, 0) is 13.8 Å². The van der Waals surface area contributed by atoms with E-state index in [0.29, 0.717) is 11.3 Å². The van der Waals surface area contributed by atoms with Crippen molar-refractivity contribution in [1.82, 2.24) is 5.16 Å². The average Bonchev–Trinajstić information content (AvgIpc) is 2.81. The Hall–Kier alpha value is -2.43. The quantitative estimate of drug-likeness (QED) is 0.622. The molecule has 5 nitrogen and oxygen atoms in total. The van der Waals surface area contributed by atoms with Gasteiger partial charge in [-0.1, -0.05) is 35.5 Å². The van der Waals surface area contributed by atoms with Crippen molar-refractivity contribution in [3.63, 3.8) is 0 Å². The summed E-state index contributed by atoms with van der Waals surface area (Å²) < 4.78 is 9.88. The number of carbonyl (C=O) groups is 2. The number of hydrogen-bond donors (Lipinski definition) is 0. The fraction of sp³-hybridized carbons (Fsp3) is 0.214. The summed E-state index contributed by atoms with van der Waals surface area (Å²) in [5.41, 5.74) is 0.873. The number of rotatable bonds is 4. The van der Waals surface area contributed by atoms with Gasteiger partial charge < -0.3 is 9.26 Å². The van der Waals surface area contributed by atoms with Gasteiger partial charge >= 0.3 is 5.97 Å². The number of aromatic nitrogens is 1. The summed E-state index contributed by atoms with van der Waals surface area (Å²) in [6.45, 7) is 3.51. The van der Waals surface area contributed by atoms with Crippen LogP contribution in [0.25, 0.3) is 0 Å². The van der Waals surface area contributed by atoms with Gasteiger partial charge in [0.05, 0.1) is 12.3 Å². The molecule has 2 rings (SSSR count). The lowest BCUT2D eigenvalue weighted by atomic mass is 10.0. The van der Waals surface area contributed by atoms with Gasteiger partial charge in [0.2, 0.25) is 11.5 Å². The van der Waals surface area contributed by atoms with Gasteiger partial charge in [0.25, 0.3) is 0 Å². The smallest absolute Gasteiger partial charge is 0.344 e. The molecule has 0 atom stereocenters. The molecule has 0 aliphatic rings. The van der Waals surface area contributed by atoms with Crippen LogP contribution in [0.5, 0.6) is 0 Å². The second-order valence-electron chi connectivity index (χ2n) is 3.89. The first-order valence-corrected chi connectivity index (χ1v) is 5.88. The monoisotopic (exact) mass is 259 g/mol. The molecule has 5 heteroatoms. The molecule has 1 aromatic carbocycles. The number of benzene rings is 1. The van der Waals surface area contributed by atoms with Crippen LogP contribution in [0.15, 0.2) is 34.9 Å². The van der Waals surface area contributed by atoms with Crippen LogP contribution in [-0.2, 0) is 4.74 Å². The molecule has 19 heavy (non-hydrogen) atoms. The van der Waals surface area contributed by atoms with Crippen LogP contribution in [0.1, 0.15) is 39.1 Å². The van der Waals surface area contributed by atoms with Crippen molar-refractivity contribution in [1.29, 1.82) is 0 Å². The molecule has 0 unspecified atom stereocenters. The molecule has 0 aliphatic carbocycles. The van der Waals surface area contributed by atoms with Crippen molar-refractivity contribution < 1.29 is 18.8 Å². The predicted molar refractivity (Wildman–Crippen MR) is 67.1 cm³/mol. The minimum absolute atomic E-state index is 0.0813. The maximum absolute atomic E-state index is 12.2. The Balaban J connectivity index is 2.41. The Bertz CT molecular complexity index is 601. The van der Waals surface area contributed by atoms with Crippen LogP contribution in [0.2, 0.25) is 0 Å². The number of hydrogen-bond acceptors (Lipinski definition) is 5. The molecule has 0 radical (unpaired) electrons. The lowest BCUT2D eigenvalue weighted by Gasteiger charge is -2.02. The van der Waals surface area contributed by atoms with Gasteiger partial charge in [0, 0.05) is 5.56 Å². The normalized spacial score (nSPS) is 10.2. The van der Waals surface area contributed by atoms with E-state index in [1.54, 1.807) is 44.2 Å². The van der Waals surface area contributed by atoms with Crippen LogP contribution in [0.3, 0.4) is 0 Å². The van der Waals surface area contributed by atoms with Crippen LogP contribution < -0.4 is 0 Å². The zero-order chi connectivity index (χ0) is 13.8. The highest BCUT2D eigenvalue weighted by atomic mass is 16.5. The van der Waals surface area contributed by atoms with E-state index < -0.39 is 5.97 Å². The average molecular weight is 259 g/mol. The maximum Gasteiger partial charge on any atom is 0.344 e. The van der Waals surface area contributed by atoms with Gasteiger partial charge in [-0.2, -0.15) is 0 Å². The molecule has 0 N–H and O–H groups in total. The van der Waals surface area contributed by atoms with Crippen LogP contribution in [0, 0.1) is 6.92 Å². The van der Waals surface area contributed by atoms with E-state index in [0.717, 1.165) is 0 Å². The Morgan fingerprint density at radius 2 is 1.95 bits per heavy atom. The predicted octanol–water partition coefficient (Wildman–Crippen LogP) is 2.39. The Labute approximate surface area is 110 Å². The van der Waals surface area contributed by atoms with Crippen LogP contribution in [0.4, 0.5) is 0 Å². The highest BCUT2D eigenvalue weighted by Gasteiger charge is 2.27. The molecule has 0 bridgehead atoms. The zero-order valence-electron chi connectivity index (χ0n) is 10.7. The number of esters is 1. The first-order chi connectivity index (χ1) is 9.15. The van der Waals surface area contributed by atoms with E-state index in [-0.39, 0.29) is 23.7 Å². The molecular formula is C14H13NO4. The van der Waals surface area contributed by atoms with Crippen molar-refractivity contribution in [2.75, 3.05) is 6.61 Å². The summed E-state index contributed by atoms with van der Waals surface area (Å²) in [5, 5.41) is 3.67. The van der Waals surface area contributed by atoms with Gasteiger partial charge in [0.15, 0.2) is 0 Å². The van der Waals surface area contributed by atoms with Gasteiger partial charge in [-0.25, -0.2) is 4.79 Å². The molecule has 98 valence electrons. The molecule has 0 saturated carbocycles. The van der Waals surface area contributed by atoms with E-state index in [9.17, 15) is 9.59 Å². The maximum atomic E-state index is 12.2. The van der Waals surface area contributed by atoms with E-state index >= 15 is 0 Å². The molecule has 2 aromatic rings. The van der Waals surface area contributed by atoms with Crippen molar-refractivity contribution >= 4 is 11.8 Å². The highest BCUT2D eigenvalue weighted by Crippen LogP contribution is 2.18. The Morgan fingerprint density at radius 3 is 2.58 bits per heavy atom. The van der Waals surface area contributed by atoms with Gasteiger partial charge in [-0.3, -0.25) is 4.79 Å². The fourth-order valence-electron chi connectivity index (χ4n) is 1.69. The zero-order valence-corrected chi connectivity index (χ0v) is 10.7. The number of ketones is 1. The summed E-state index contributed by atoms with van der Waals surface area (Å²) >= 11 is 0. The van der Waals surface area contributed by atoms with Gasteiger partial charge in [0.1, 0.15) is 5.56 Å². The Kier molecular flexibility index (Phi) is 3.75. The SMILES string of the molecule is CCOC(=O)c1c(C)noc1C(=O)c1ccccc1. The van der Waals surface area contributed by atoms with Crippen molar-refractivity contribution in [3.8, 4) is 0 Å². The fourth-order valence-corrected chi connectivity index (χ4v) is 1.69. The number of aryl methyl sites for hydroxylation is 1. The topological polar surface area (TPSA) is 69.4 Å². The summed E-state index contributed by atoms with van der Waals surface area (Å²) in [6.07, 6.45) is 0. The largest absolute Gasteiger partial charge is 0.462 e. The number of ether oxygens (including phenoxy) is 1. The van der Waals surface area contributed by atoms with Crippen LogP contribution >= 0.6 is 0 Å². The number of carbonyl (C=O) groups excluding carboxylic acids is 2. The minimum Gasteiger partial charge on any atom is -0.462 e. The third-order valence-corrected chi connectivity index (χ3v) is 2.58. The lowest BCUT2D eigenvalue weighted by Crippen LogP contribution is -2.11. The van der Waals surface area contributed by atoms with E-state index in [2.05, 4.69) is 5.16 Å². The Morgan fingerprint density at radius 1 is 1.26 bits per heavy atom. The second-order valence-corrected chi connectivity index (χ2v) is 3.89. The van der Waals surface area contributed by atoms with E-state index in [1.165, 1.54) is 0 Å². The third kappa shape index (κ3) is 2.54. The molecule has 0 aliphatic heterocycles. The minimum atomic E-state index is -0.597. The van der Waals surface area contributed by atoms with E-state index in [4.69, 9.17) is 9.26 Å². The summed E-state index contributed by atoms with van der Waals surface area (Å²) in [4.78, 5) is 24.1. The highest BCUT2D eigenvalue weighted by molar-refractivity contribution is 6.12. The summed E-state index contributed by atoms with van der Waals surface area (Å²) in [5.74, 6) is -1.06. The molecule has 1 aromatic heterocycles. The van der Waals surface area contributed by atoms with E-state index in [1.807, 2.05) is 0 Å². The lowest BCUT2D eigenvalue weighted by molar-refractivity contribution is 0.0521. The van der Waals surface area contributed by atoms with Gasteiger partial charge in [-0.15, -0.1) is 0 Å². The molecule has 0 amide bonds. The first kappa shape index (κ1) is 13.0. The molecule has 1 heterocycles. The molecule has 0 saturated heterocycles. The molecule has 0 spiro atoms. The molecule has 0 fully saturated rings. The number of nitrogens with zero attached hydrogens (tertiary/aromatic N) is 1.